The Bertz CT molecular complexity index is 1040. The number of imide groups is 1. The van der Waals surface area contributed by atoms with E-state index in [2.05, 4.69) is 6.92 Å². The summed E-state index contributed by atoms with van der Waals surface area (Å²) in [6.07, 6.45) is 3.81. The molecule has 1 unspecified atom stereocenters. The maximum absolute atomic E-state index is 12.3. The van der Waals surface area contributed by atoms with Gasteiger partial charge in [-0.2, -0.15) is 0 Å². The lowest BCUT2D eigenvalue weighted by Crippen LogP contribution is -2.33. The zero-order valence-electron chi connectivity index (χ0n) is 31.9. The van der Waals surface area contributed by atoms with Gasteiger partial charge in [0, 0.05) is 0 Å². The van der Waals surface area contributed by atoms with E-state index in [1.807, 2.05) is 6.92 Å². The normalized spacial score (nSPS) is 13.2. The lowest BCUT2D eigenvalue weighted by molar-refractivity contribution is -0.150. The molecule has 304 valence electrons. The van der Waals surface area contributed by atoms with Crippen LogP contribution >= 0.6 is 0 Å². The fraction of sp³-hybridized carbons (Fsp3) is 0.763. The number of fused-ring (bicyclic) bond motifs is 1. The van der Waals surface area contributed by atoms with Crippen LogP contribution in [0.4, 0.5) is 0 Å². The molecule has 2 amide bonds. The molecule has 1 aromatic rings. The van der Waals surface area contributed by atoms with E-state index in [4.69, 9.17) is 52.1 Å². The number of hydrogen-bond acceptors (Lipinski definition) is 14. The molecule has 0 N–H and O–H groups in total. The molecular weight excluding hydrogens is 694 g/mol. The van der Waals surface area contributed by atoms with Gasteiger partial charge >= 0.3 is 5.97 Å². The summed E-state index contributed by atoms with van der Waals surface area (Å²) >= 11 is 0. The molecule has 2 rings (SSSR count). The number of unbranched alkanes of at least 4 members (excludes halogenated alkanes) is 1. The van der Waals surface area contributed by atoms with Gasteiger partial charge in [0.15, 0.2) is 0 Å². The van der Waals surface area contributed by atoms with Gasteiger partial charge in [-0.15, -0.1) is 0 Å². The number of benzene rings is 1. The van der Waals surface area contributed by atoms with Gasteiger partial charge in [0.25, 0.3) is 11.8 Å². The van der Waals surface area contributed by atoms with Gasteiger partial charge in [-0.3, -0.25) is 19.3 Å². The van der Waals surface area contributed by atoms with Crippen LogP contribution in [0.2, 0.25) is 0 Å². The second-order valence-corrected chi connectivity index (χ2v) is 11.8. The maximum Gasteiger partial charge on any atom is 0.308 e. The van der Waals surface area contributed by atoms with Gasteiger partial charge in [0.05, 0.1) is 156 Å². The first-order valence-electron chi connectivity index (χ1n) is 19.0. The van der Waals surface area contributed by atoms with Crippen LogP contribution in [0.3, 0.4) is 0 Å². The molecular formula is C38H63NO14. The minimum atomic E-state index is -0.280. The molecule has 53 heavy (non-hydrogen) atoms. The third kappa shape index (κ3) is 22.4. The number of hydrogen-bond donors (Lipinski definition) is 0. The Hall–Kier alpha value is -2.57. The third-order valence-electron chi connectivity index (χ3n) is 7.89. The Balaban J connectivity index is 1.18. The first kappa shape index (κ1) is 46.6. The van der Waals surface area contributed by atoms with Crippen LogP contribution in [-0.4, -0.2) is 168 Å². The second-order valence-electron chi connectivity index (χ2n) is 11.8. The molecule has 0 fully saturated rings. The Kier molecular flexibility index (Phi) is 28.9. The fourth-order valence-corrected chi connectivity index (χ4v) is 4.94. The van der Waals surface area contributed by atoms with Crippen molar-refractivity contribution in [2.75, 3.05) is 145 Å². The average Bonchev–Trinajstić information content (AvgIpc) is 3.41. The zero-order valence-corrected chi connectivity index (χ0v) is 31.9. The second kappa shape index (κ2) is 32.8. The minimum Gasteiger partial charge on any atom is -0.463 e. The van der Waals surface area contributed by atoms with Crippen molar-refractivity contribution in [2.24, 2.45) is 5.92 Å². The van der Waals surface area contributed by atoms with Crippen molar-refractivity contribution in [1.82, 2.24) is 4.90 Å². The summed E-state index contributed by atoms with van der Waals surface area (Å²) in [5, 5.41) is 0. The smallest absolute Gasteiger partial charge is 0.308 e. The SMILES string of the molecule is CCCCC(CC)C(=O)OCCOCCOCCOCCOCCOCCOCCOCCOCCOCCOCCN1C(=O)c2ccccc2C1=O. The van der Waals surface area contributed by atoms with E-state index in [0.29, 0.717) is 137 Å². The van der Waals surface area contributed by atoms with E-state index in [1.165, 1.54) is 4.90 Å². The van der Waals surface area contributed by atoms with Crippen molar-refractivity contribution < 1.29 is 66.5 Å². The summed E-state index contributed by atoms with van der Waals surface area (Å²) in [4.78, 5) is 37.9. The summed E-state index contributed by atoms with van der Waals surface area (Å²) in [6.45, 7) is 13.4. The van der Waals surface area contributed by atoms with Crippen molar-refractivity contribution in [2.45, 2.75) is 39.5 Å². The van der Waals surface area contributed by atoms with Crippen molar-refractivity contribution in [1.29, 1.82) is 0 Å². The van der Waals surface area contributed by atoms with Gasteiger partial charge in [-0.25, -0.2) is 0 Å². The number of carbonyl (C=O) groups is 3. The number of esters is 1. The van der Waals surface area contributed by atoms with Gasteiger partial charge in [-0.1, -0.05) is 38.8 Å². The predicted molar refractivity (Wildman–Crippen MR) is 194 cm³/mol. The monoisotopic (exact) mass is 757 g/mol. The largest absolute Gasteiger partial charge is 0.463 e. The molecule has 1 aliphatic heterocycles. The molecule has 0 bridgehead atoms. The van der Waals surface area contributed by atoms with Crippen LogP contribution in [0.5, 0.6) is 0 Å². The quantitative estimate of drug-likeness (QED) is 0.0551. The number of ether oxygens (including phenoxy) is 11. The summed E-state index contributed by atoms with van der Waals surface area (Å²) in [6, 6.07) is 6.81. The van der Waals surface area contributed by atoms with Gasteiger partial charge < -0.3 is 52.1 Å². The third-order valence-corrected chi connectivity index (χ3v) is 7.89. The molecule has 0 saturated carbocycles. The minimum absolute atomic E-state index is 0.0110. The maximum atomic E-state index is 12.3. The van der Waals surface area contributed by atoms with Gasteiger partial charge in [0.1, 0.15) is 6.61 Å². The van der Waals surface area contributed by atoms with Crippen LogP contribution in [0.1, 0.15) is 60.2 Å². The van der Waals surface area contributed by atoms with Crippen molar-refractivity contribution >= 4 is 17.8 Å². The molecule has 1 aromatic carbocycles. The lowest BCUT2D eigenvalue weighted by atomic mass is 10.00. The van der Waals surface area contributed by atoms with Crippen LogP contribution in [0, 0.1) is 5.92 Å². The Morgan fingerprint density at radius 2 is 0.830 bits per heavy atom. The lowest BCUT2D eigenvalue weighted by Gasteiger charge is -2.13. The first-order chi connectivity index (χ1) is 26.1. The Morgan fingerprint density at radius 3 is 1.15 bits per heavy atom. The van der Waals surface area contributed by atoms with E-state index >= 15 is 0 Å². The molecule has 15 nitrogen and oxygen atoms in total. The van der Waals surface area contributed by atoms with Crippen molar-refractivity contribution in [3.05, 3.63) is 35.4 Å². The van der Waals surface area contributed by atoms with Crippen molar-refractivity contribution in [3.8, 4) is 0 Å². The Labute approximate surface area is 315 Å². The van der Waals surface area contributed by atoms with Gasteiger partial charge in [0.2, 0.25) is 0 Å². The number of rotatable bonds is 38. The molecule has 0 saturated heterocycles. The Morgan fingerprint density at radius 1 is 0.509 bits per heavy atom. The predicted octanol–water partition coefficient (Wildman–Crippen LogP) is 3.21. The van der Waals surface area contributed by atoms with Crippen LogP contribution in [0.25, 0.3) is 0 Å². The van der Waals surface area contributed by atoms with E-state index in [9.17, 15) is 14.4 Å². The summed E-state index contributed by atoms with van der Waals surface area (Å²) in [5.41, 5.74) is 0.878. The topological polar surface area (TPSA) is 156 Å². The van der Waals surface area contributed by atoms with Gasteiger partial charge in [-0.05, 0) is 25.0 Å². The van der Waals surface area contributed by atoms with E-state index in [1.54, 1.807) is 24.3 Å². The fourth-order valence-electron chi connectivity index (χ4n) is 4.94. The molecule has 1 heterocycles. The molecule has 1 aliphatic rings. The standard InChI is InChI=1S/C38H63NO14/c1-3-5-8-33(4-2)38(42)53-32-31-52-30-29-51-28-27-50-26-25-49-24-23-48-22-21-47-20-19-46-18-17-45-16-15-44-14-13-43-12-11-39-36(40)34-9-6-7-10-35(34)37(39)41/h6-7,9-10,33H,3-5,8,11-32H2,1-2H3. The van der Waals surface area contributed by atoms with E-state index in [0.717, 1.165) is 25.7 Å². The molecule has 1 atom stereocenters. The van der Waals surface area contributed by atoms with Crippen LogP contribution in [0.15, 0.2) is 24.3 Å². The molecule has 0 spiro atoms. The summed E-state index contributed by atoms with van der Waals surface area (Å²) < 4.78 is 60.1. The molecule has 0 aromatic heterocycles. The number of carbonyl (C=O) groups excluding carboxylic acids is 3. The average molecular weight is 758 g/mol. The molecule has 0 radical (unpaired) electrons. The highest BCUT2D eigenvalue weighted by molar-refractivity contribution is 6.21. The van der Waals surface area contributed by atoms with Crippen LogP contribution in [-0.2, 0) is 56.9 Å². The number of amides is 2. The van der Waals surface area contributed by atoms with Crippen LogP contribution < -0.4 is 0 Å². The highest BCUT2D eigenvalue weighted by Gasteiger charge is 2.34. The first-order valence-corrected chi connectivity index (χ1v) is 19.0. The van der Waals surface area contributed by atoms with E-state index < -0.39 is 0 Å². The highest BCUT2D eigenvalue weighted by Crippen LogP contribution is 2.22. The van der Waals surface area contributed by atoms with Crippen molar-refractivity contribution in [3.63, 3.8) is 0 Å². The number of nitrogens with zero attached hydrogens (tertiary/aromatic N) is 1. The molecule has 15 heteroatoms. The van der Waals surface area contributed by atoms with E-state index in [-0.39, 0.29) is 43.5 Å². The summed E-state index contributed by atoms with van der Waals surface area (Å²) in [7, 11) is 0. The zero-order chi connectivity index (χ0) is 38.0. The molecule has 0 aliphatic carbocycles. The highest BCUT2D eigenvalue weighted by atomic mass is 16.6. The summed E-state index contributed by atoms with van der Waals surface area (Å²) in [5.74, 6) is -0.699.